The van der Waals surface area contributed by atoms with Crippen molar-refractivity contribution >= 4 is 17.5 Å². The SMILES string of the molecule is Cc1ccc(-c2noc(=O)[nH]2)cc1C(=O)NC1CC(=O)N(c2ccccc2F)C1. The lowest BCUT2D eigenvalue weighted by molar-refractivity contribution is -0.117. The fraction of sp³-hybridized carbons (Fsp3) is 0.200. The third kappa shape index (κ3) is 3.66. The van der Waals surface area contributed by atoms with Gasteiger partial charge in [0.2, 0.25) is 5.91 Å². The summed E-state index contributed by atoms with van der Waals surface area (Å²) in [5.41, 5.74) is 1.81. The van der Waals surface area contributed by atoms with Crippen molar-refractivity contribution in [3.05, 3.63) is 70.0 Å². The first-order valence-electron chi connectivity index (χ1n) is 8.95. The maximum absolute atomic E-state index is 14.0. The van der Waals surface area contributed by atoms with Gasteiger partial charge in [0.1, 0.15) is 5.82 Å². The topological polar surface area (TPSA) is 108 Å². The van der Waals surface area contributed by atoms with Crippen LogP contribution in [-0.4, -0.2) is 34.5 Å². The van der Waals surface area contributed by atoms with Crippen LogP contribution >= 0.6 is 0 Å². The lowest BCUT2D eigenvalue weighted by Crippen LogP contribution is -2.37. The number of anilines is 1. The number of aromatic amines is 1. The van der Waals surface area contributed by atoms with Crippen molar-refractivity contribution < 1.29 is 18.5 Å². The monoisotopic (exact) mass is 396 g/mol. The van der Waals surface area contributed by atoms with Crippen molar-refractivity contribution in [2.24, 2.45) is 0 Å². The summed E-state index contributed by atoms with van der Waals surface area (Å²) in [6.07, 6.45) is 0.0788. The molecule has 2 aromatic carbocycles. The highest BCUT2D eigenvalue weighted by atomic mass is 19.1. The van der Waals surface area contributed by atoms with E-state index in [4.69, 9.17) is 0 Å². The molecule has 1 aliphatic heterocycles. The van der Waals surface area contributed by atoms with Gasteiger partial charge in [-0.25, -0.2) is 9.18 Å². The Morgan fingerprint density at radius 3 is 2.79 bits per heavy atom. The normalized spacial score (nSPS) is 16.3. The highest BCUT2D eigenvalue weighted by molar-refractivity contribution is 6.00. The number of aryl methyl sites for hydroxylation is 1. The summed E-state index contributed by atoms with van der Waals surface area (Å²) < 4.78 is 18.5. The number of carbonyl (C=O) groups excluding carboxylic acids is 2. The van der Waals surface area contributed by atoms with Gasteiger partial charge in [-0.05, 0) is 30.7 Å². The molecule has 2 amide bonds. The van der Waals surface area contributed by atoms with Crippen molar-refractivity contribution in [2.75, 3.05) is 11.4 Å². The maximum Gasteiger partial charge on any atom is 0.439 e. The summed E-state index contributed by atoms with van der Waals surface area (Å²) in [6.45, 7) is 1.95. The molecule has 8 nitrogen and oxygen atoms in total. The Balaban J connectivity index is 1.52. The van der Waals surface area contributed by atoms with Crippen LogP contribution in [0.15, 0.2) is 51.8 Å². The molecule has 1 aromatic heterocycles. The Kier molecular flexibility index (Phi) is 4.71. The molecule has 1 unspecified atom stereocenters. The fourth-order valence-electron chi connectivity index (χ4n) is 3.34. The lowest BCUT2D eigenvalue weighted by atomic mass is 10.0. The summed E-state index contributed by atoms with van der Waals surface area (Å²) in [6, 6.07) is 10.6. The number of hydrogen-bond acceptors (Lipinski definition) is 5. The van der Waals surface area contributed by atoms with E-state index in [-0.39, 0.29) is 36.3 Å². The van der Waals surface area contributed by atoms with E-state index in [2.05, 4.69) is 20.0 Å². The van der Waals surface area contributed by atoms with Crippen LogP contribution in [0, 0.1) is 12.7 Å². The first-order chi connectivity index (χ1) is 13.9. The summed E-state index contributed by atoms with van der Waals surface area (Å²) in [7, 11) is 0. The zero-order valence-electron chi connectivity index (χ0n) is 15.4. The van der Waals surface area contributed by atoms with Gasteiger partial charge in [0.25, 0.3) is 5.91 Å². The summed E-state index contributed by atoms with van der Waals surface area (Å²) >= 11 is 0. The molecular weight excluding hydrogens is 379 g/mol. The minimum Gasteiger partial charge on any atom is -0.347 e. The maximum atomic E-state index is 14.0. The average molecular weight is 396 g/mol. The van der Waals surface area contributed by atoms with E-state index in [0.29, 0.717) is 16.7 Å². The first kappa shape index (κ1) is 18.6. The van der Waals surface area contributed by atoms with Crippen LogP contribution in [-0.2, 0) is 4.79 Å². The van der Waals surface area contributed by atoms with Gasteiger partial charge >= 0.3 is 5.76 Å². The molecule has 1 fully saturated rings. The number of halogens is 1. The van der Waals surface area contributed by atoms with Crippen molar-refractivity contribution in [3.63, 3.8) is 0 Å². The van der Waals surface area contributed by atoms with Crippen molar-refractivity contribution in [2.45, 2.75) is 19.4 Å². The predicted molar refractivity (Wildman–Crippen MR) is 102 cm³/mol. The van der Waals surface area contributed by atoms with Crippen molar-refractivity contribution in [1.29, 1.82) is 0 Å². The molecule has 0 saturated carbocycles. The number of para-hydroxylation sites is 1. The van der Waals surface area contributed by atoms with Gasteiger partial charge < -0.3 is 10.2 Å². The van der Waals surface area contributed by atoms with Crippen LogP contribution in [0.2, 0.25) is 0 Å². The fourth-order valence-corrected chi connectivity index (χ4v) is 3.34. The summed E-state index contributed by atoms with van der Waals surface area (Å²) in [5, 5.41) is 6.45. The number of benzene rings is 2. The second-order valence-corrected chi connectivity index (χ2v) is 6.80. The molecule has 0 spiro atoms. The molecule has 29 heavy (non-hydrogen) atoms. The quantitative estimate of drug-likeness (QED) is 0.701. The Hall–Kier alpha value is -3.75. The third-order valence-corrected chi connectivity index (χ3v) is 4.80. The Morgan fingerprint density at radius 1 is 1.28 bits per heavy atom. The molecule has 1 saturated heterocycles. The van der Waals surface area contributed by atoms with E-state index < -0.39 is 17.6 Å². The number of rotatable bonds is 4. The standard InChI is InChI=1S/C20H17FN4O4/c1-11-6-7-12(18-23-20(28)29-24-18)8-14(11)19(27)22-13-9-17(26)25(10-13)16-5-3-2-4-15(16)21/h2-8,13H,9-10H2,1H3,(H,22,27)(H,23,24,28). The molecule has 1 atom stereocenters. The molecule has 2 heterocycles. The molecule has 0 bridgehead atoms. The Labute approximate surface area is 164 Å². The average Bonchev–Trinajstić information content (AvgIpc) is 3.28. The number of nitrogens with one attached hydrogen (secondary N) is 2. The highest BCUT2D eigenvalue weighted by Gasteiger charge is 2.33. The van der Waals surface area contributed by atoms with Crippen molar-refractivity contribution in [1.82, 2.24) is 15.5 Å². The molecule has 2 N–H and O–H groups in total. The zero-order chi connectivity index (χ0) is 20.5. The molecular formula is C20H17FN4O4. The molecule has 148 valence electrons. The van der Waals surface area contributed by atoms with Crippen LogP contribution in [0.5, 0.6) is 0 Å². The number of H-pyrrole nitrogens is 1. The van der Waals surface area contributed by atoms with E-state index in [1.165, 1.54) is 17.0 Å². The largest absolute Gasteiger partial charge is 0.439 e. The van der Waals surface area contributed by atoms with E-state index >= 15 is 0 Å². The minimum absolute atomic E-state index is 0.0788. The van der Waals surface area contributed by atoms with Crippen molar-refractivity contribution in [3.8, 4) is 11.4 Å². The van der Waals surface area contributed by atoms with Gasteiger partial charge in [-0.2, -0.15) is 0 Å². The van der Waals surface area contributed by atoms with Crippen LogP contribution < -0.4 is 16.0 Å². The van der Waals surface area contributed by atoms with E-state index in [1.54, 1.807) is 37.3 Å². The van der Waals surface area contributed by atoms with Gasteiger partial charge in [-0.15, -0.1) is 0 Å². The first-order valence-corrected chi connectivity index (χ1v) is 8.95. The highest BCUT2D eigenvalue weighted by Crippen LogP contribution is 2.25. The van der Waals surface area contributed by atoms with Crippen LogP contribution in [0.1, 0.15) is 22.3 Å². The smallest absolute Gasteiger partial charge is 0.347 e. The molecule has 9 heteroatoms. The molecule has 0 aliphatic carbocycles. The number of carbonyl (C=O) groups is 2. The number of hydrogen-bond donors (Lipinski definition) is 2. The van der Waals surface area contributed by atoms with E-state index in [1.807, 2.05) is 0 Å². The van der Waals surface area contributed by atoms with Gasteiger partial charge in [0.05, 0.1) is 11.7 Å². The summed E-state index contributed by atoms with van der Waals surface area (Å²) in [5.74, 6) is -1.59. The van der Waals surface area contributed by atoms with E-state index in [9.17, 15) is 18.8 Å². The lowest BCUT2D eigenvalue weighted by Gasteiger charge is -2.18. The second-order valence-electron chi connectivity index (χ2n) is 6.80. The number of amides is 2. The second kappa shape index (κ2) is 7.34. The van der Waals surface area contributed by atoms with Crippen LogP contribution in [0.4, 0.5) is 10.1 Å². The van der Waals surface area contributed by atoms with Gasteiger partial charge in [-0.3, -0.25) is 19.1 Å². The van der Waals surface area contributed by atoms with E-state index in [0.717, 1.165) is 0 Å². The third-order valence-electron chi connectivity index (χ3n) is 4.80. The summed E-state index contributed by atoms with van der Waals surface area (Å²) in [4.78, 5) is 40.0. The molecule has 4 rings (SSSR count). The minimum atomic E-state index is -0.690. The zero-order valence-corrected chi connectivity index (χ0v) is 15.4. The number of aromatic nitrogens is 2. The predicted octanol–water partition coefficient (Wildman–Crippen LogP) is 2.01. The Morgan fingerprint density at radius 2 is 2.07 bits per heavy atom. The Bertz CT molecular complexity index is 1150. The molecule has 1 aliphatic rings. The van der Waals surface area contributed by atoms with Gasteiger partial charge in [-0.1, -0.05) is 29.4 Å². The van der Waals surface area contributed by atoms with Gasteiger partial charge in [0, 0.05) is 24.1 Å². The van der Waals surface area contributed by atoms with Gasteiger partial charge in [0.15, 0.2) is 5.82 Å². The molecule has 3 aromatic rings. The van der Waals surface area contributed by atoms with Crippen LogP contribution in [0.3, 0.4) is 0 Å². The van der Waals surface area contributed by atoms with Crippen LogP contribution in [0.25, 0.3) is 11.4 Å². The molecule has 0 radical (unpaired) electrons. The number of nitrogens with zero attached hydrogens (tertiary/aromatic N) is 2.